The molecule has 3 aromatic rings. The van der Waals surface area contributed by atoms with Gasteiger partial charge in [-0.3, -0.25) is 9.78 Å². The van der Waals surface area contributed by atoms with Crippen molar-refractivity contribution < 1.29 is 0 Å². The minimum Gasteiger partial charge on any atom is -0.326 e. The number of H-pyrrole nitrogens is 1. The molecule has 5 nitrogen and oxygen atoms in total. The zero-order chi connectivity index (χ0) is 14.8. The Bertz CT molecular complexity index is 927. The number of nitrogens with zero attached hydrogens (tertiary/aromatic N) is 2. The van der Waals surface area contributed by atoms with Crippen LogP contribution in [0.4, 0.5) is 11.6 Å². The summed E-state index contributed by atoms with van der Waals surface area (Å²) in [5.41, 5.74) is 1.44. The van der Waals surface area contributed by atoms with Crippen molar-refractivity contribution in [2.24, 2.45) is 0 Å². The smallest absolute Gasteiger partial charge is 0.260 e. The van der Waals surface area contributed by atoms with E-state index in [4.69, 9.17) is 16.9 Å². The van der Waals surface area contributed by atoms with Crippen LogP contribution in [-0.2, 0) is 0 Å². The summed E-state index contributed by atoms with van der Waals surface area (Å²) >= 11 is 5.91. The molecule has 1 aromatic heterocycles. The molecular weight excluding hydrogens is 288 g/mol. The molecule has 0 spiro atoms. The Hall–Kier alpha value is -2.84. The van der Waals surface area contributed by atoms with Crippen LogP contribution >= 0.6 is 11.6 Å². The Balaban J connectivity index is 2.05. The Morgan fingerprint density at radius 2 is 2.10 bits per heavy atom. The lowest BCUT2D eigenvalue weighted by Gasteiger charge is -2.06. The zero-order valence-electron chi connectivity index (χ0n) is 10.7. The first-order valence-corrected chi connectivity index (χ1v) is 6.50. The van der Waals surface area contributed by atoms with Gasteiger partial charge in [-0.1, -0.05) is 17.7 Å². The highest BCUT2D eigenvalue weighted by atomic mass is 35.5. The molecule has 0 saturated heterocycles. The Morgan fingerprint density at radius 3 is 2.90 bits per heavy atom. The Kier molecular flexibility index (Phi) is 3.30. The molecule has 0 amide bonds. The van der Waals surface area contributed by atoms with Crippen LogP contribution in [0.5, 0.6) is 0 Å². The fourth-order valence-electron chi connectivity index (χ4n) is 1.97. The summed E-state index contributed by atoms with van der Waals surface area (Å²) in [5.74, 6) is 0.296. The quantitative estimate of drug-likeness (QED) is 0.761. The van der Waals surface area contributed by atoms with Gasteiger partial charge in [0.1, 0.15) is 0 Å². The molecule has 0 aliphatic rings. The van der Waals surface area contributed by atoms with Crippen molar-refractivity contribution in [3.63, 3.8) is 0 Å². The van der Waals surface area contributed by atoms with E-state index in [0.717, 1.165) is 0 Å². The number of halogens is 1. The molecular formula is C15H9ClN4O. The van der Waals surface area contributed by atoms with E-state index in [9.17, 15) is 4.79 Å². The number of anilines is 2. The third-order valence-electron chi connectivity index (χ3n) is 2.92. The van der Waals surface area contributed by atoms with Gasteiger partial charge in [0.05, 0.1) is 22.5 Å². The van der Waals surface area contributed by atoms with Crippen molar-refractivity contribution in [2.45, 2.75) is 0 Å². The second-order valence-corrected chi connectivity index (χ2v) is 4.83. The lowest BCUT2D eigenvalue weighted by atomic mass is 10.2. The van der Waals surface area contributed by atoms with Crippen molar-refractivity contribution in [2.75, 3.05) is 5.32 Å². The SMILES string of the molecule is N#Cc1cccc(Nc2nc3cc(Cl)ccc3c(=O)[nH]2)c1. The molecule has 0 bridgehead atoms. The van der Waals surface area contributed by atoms with Gasteiger partial charge in [0.2, 0.25) is 5.95 Å². The summed E-state index contributed by atoms with van der Waals surface area (Å²) in [6.45, 7) is 0. The molecule has 0 saturated carbocycles. The van der Waals surface area contributed by atoms with E-state index in [-0.39, 0.29) is 5.56 Å². The van der Waals surface area contributed by atoms with Crippen molar-refractivity contribution in [1.29, 1.82) is 5.26 Å². The normalized spacial score (nSPS) is 10.3. The zero-order valence-corrected chi connectivity index (χ0v) is 11.5. The van der Waals surface area contributed by atoms with Crippen molar-refractivity contribution in [1.82, 2.24) is 9.97 Å². The van der Waals surface area contributed by atoms with Gasteiger partial charge in [-0.25, -0.2) is 4.98 Å². The molecule has 21 heavy (non-hydrogen) atoms. The van der Waals surface area contributed by atoms with E-state index >= 15 is 0 Å². The van der Waals surface area contributed by atoms with Gasteiger partial charge in [0.25, 0.3) is 5.56 Å². The number of hydrogen-bond donors (Lipinski definition) is 2. The van der Waals surface area contributed by atoms with Gasteiger partial charge in [-0.2, -0.15) is 5.26 Å². The predicted molar refractivity (Wildman–Crippen MR) is 81.8 cm³/mol. The van der Waals surface area contributed by atoms with Crippen LogP contribution in [0, 0.1) is 11.3 Å². The summed E-state index contributed by atoms with van der Waals surface area (Å²) in [4.78, 5) is 19.0. The maximum Gasteiger partial charge on any atom is 0.260 e. The molecule has 1 heterocycles. The van der Waals surface area contributed by atoms with E-state index in [1.807, 2.05) is 0 Å². The van der Waals surface area contributed by atoms with E-state index in [1.165, 1.54) is 0 Å². The van der Waals surface area contributed by atoms with E-state index < -0.39 is 0 Å². The number of rotatable bonds is 2. The van der Waals surface area contributed by atoms with Crippen molar-refractivity contribution in [3.8, 4) is 6.07 Å². The number of aromatic nitrogens is 2. The molecule has 0 radical (unpaired) electrons. The number of hydrogen-bond acceptors (Lipinski definition) is 4. The van der Waals surface area contributed by atoms with Gasteiger partial charge in [0.15, 0.2) is 0 Å². The molecule has 0 fully saturated rings. The minimum absolute atomic E-state index is 0.254. The fourth-order valence-corrected chi connectivity index (χ4v) is 2.14. The Labute approximate surface area is 124 Å². The number of aromatic amines is 1. The topological polar surface area (TPSA) is 81.6 Å². The van der Waals surface area contributed by atoms with Crippen LogP contribution in [0.15, 0.2) is 47.3 Å². The van der Waals surface area contributed by atoms with E-state index in [2.05, 4.69) is 21.4 Å². The lowest BCUT2D eigenvalue weighted by Crippen LogP contribution is -2.11. The van der Waals surface area contributed by atoms with Crippen molar-refractivity contribution in [3.05, 3.63) is 63.4 Å². The first-order chi connectivity index (χ1) is 10.2. The van der Waals surface area contributed by atoms with E-state index in [0.29, 0.717) is 33.1 Å². The maximum atomic E-state index is 12.0. The van der Waals surface area contributed by atoms with E-state index in [1.54, 1.807) is 42.5 Å². The summed E-state index contributed by atoms with van der Waals surface area (Å²) in [6, 6.07) is 13.8. The molecule has 6 heteroatoms. The summed E-state index contributed by atoms with van der Waals surface area (Å²) < 4.78 is 0. The first-order valence-electron chi connectivity index (χ1n) is 6.12. The number of nitrogens with one attached hydrogen (secondary N) is 2. The third kappa shape index (κ3) is 2.71. The largest absolute Gasteiger partial charge is 0.326 e. The van der Waals surface area contributed by atoms with Gasteiger partial charge < -0.3 is 5.32 Å². The van der Waals surface area contributed by atoms with Crippen LogP contribution in [0.25, 0.3) is 10.9 Å². The van der Waals surface area contributed by atoms with Gasteiger partial charge in [-0.05, 0) is 36.4 Å². The standard InChI is InChI=1S/C15H9ClN4O/c16-10-4-5-12-13(7-10)19-15(20-14(12)21)18-11-3-1-2-9(6-11)8-17/h1-7H,(H2,18,19,20,21). The average Bonchev–Trinajstić information content (AvgIpc) is 2.47. The highest BCUT2D eigenvalue weighted by Gasteiger charge is 2.05. The average molecular weight is 297 g/mol. The highest BCUT2D eigenvalue weighted by molar-refractivity contribution is 6.31. The second kappa shape index (κ2) is 5.27. The van der Waals surface area contributed by atoms with Gasteiger partial charge in [-0.15, -0.1) is 0 Å². The van der Waals surface area contributed by atoms with Gasteiger partial charge in [0, 0.05) is 10.7 Å². The van der Waals surface area contributed by atoms with Crippen LogP contribution in [-0.4, -0.2) is 9.97 Å². The monoisotopic (exact) mass is 296 g/mol. The van der Waals surface area contributed by atoms with Crippen LogP contribution in [0.1, 0.15) is 5.56 Å². The molecule has 0 aliphatic carbocycles. The fraction of sp³-hybridized carbons (Fsp3) is 0. The Morgan fingerprint density at radius 1 is 1.24 bits per heavy atom. The number of benzene rings is 2. The van der Waals surface area contributed by atoms with Crippen LogP contribution in [0.2, 0.25) is 5.02 Å². The third-order valence-corrected chi connectivity index (χ3v) is 3.16. The summed E-state index contributed by atoms with van der Waals surface area (Å²) in [5, 5.41) is 12.8. The van der Waals surface area contributed by atoms with Gasteiger partial charge >= 0.3 is 0 Å². The minimum atomic E-state index is -0.254. The first kappa shape index (κ1) is 13.2. The van der Waals surface area contributed by atoms with Crippen molar-refractivity contribution >= 4 is 34.1 Å². The molecule has 2 aromatic carbocycles. The summed E-state index contributed by atoms with van der Waals surface area (Å²) in [7, 11) is 0. The van der Waals surface area contributed by atoms with Crippen LogP contribution < -0.4 is 10.9 Å². The maximum absolute atomic E-state index is 12.0. The number of fused-ring (bicyclic) bond motifs is 1. The van der Waals surface area contributed by atoms with Crippen LogP contribution in [0.3, 0.4) is 0 Å². The molecule has 3 rings (SSSR count). The second-order valence-electron chi connectivity index (χ2n) is 4.39. The lowest BCUT2D eigenvalue weighted by molar-refractivity contribution is 1.17. The summed E-state index contributed by atoms with van der Waals surface area (Å²) in [6.07, 6.45) is 0. The molecule has 102 valence electrons. The molecule has 2 N–H and O–H groups in total. The predicted octanol–water partition coefficient (Wildman–Crippen LogP) is 3.19. The highest BCUT2D eigenvalue weighted by Crippen LogP contribution is 2.18. The molecule has 0 atom stereocenters. The molecule has 0 unspecified atom stereocenters. The molecule has 0 aliphatic heterocycles. The number of nitriles is 1.